The lowest BCUT2D eigenvalue weighted by Gasteiger charge is -1.99. The molecule has 0 N–H and O–H groups in total. The smallest absolute Gasteiger partial charge is 0.141 e. The summed E-state index contributed by atoms with van der Waals surface area (Å²) in [6, 6.07) is 5.66. The van der Waals surface area contributed by atoms with E-state index in [0.29, 0.717) is 11.8 Å². The maximum atomic E-state index is 13.2. The third kappa shape index (κ3) is 1.54. The van der Waals surface area contributed by atoms with E-state index in [2.05, 4.69) is 22.0 Å². The van der Waals surface area contributed by atoms with Gasteiger partial charge >= 0.3 is 0 Å². The predicted octanol–water partition coefficient (Wildman–Crippen LogP) is 3.87. The Kier molecular flexibility index (Phi) is 2.53. The summed E-state index contributed by atoms with van der Waals surface area (Å²) in [5.74, 6) is -0.200. The van der Waals surface area contributed by atoms with Gasteiger partial charge in [-0.15, -0.1) is 11.3 Å². The molecule has 0 spiro atoms. The third-order valence-corrected chi connectivity index (χ3v) is 3.62. The van der Waals surface area contributed by atoms with Gasteiger partial charge in [0.15, 0.2) is 0 Å². The molecule has 14 heavy (non-hydrogen) atoms. The summed E-state index contributed by atoms with van der Waals surface area (Å²) < 4.78 is 14.8. The lowest BCUT2D eigenvalue weighted by Crippen LogP contribution is -1.83. The minimum Gasteiger partial charge on any atom is -0.205 e. The molecule has 0 aliphatic rings. The summed E-state index contributed by atoms with van der Waals surface area (Å²) in [5.41, 5.74) is 0.904. The Bertz CT molecular complexity index is 527. The van der Waals surface area contributed by atoms with E-state index >= 15 is 0 Å². The Balaban J connectivity index is 2.67. The molecule has 1 aromatic heterocycles. The fourth-order valence-electron chi connectivity index (χ4n) is 1.28. The van der Waals surface area contributed by atoms with E-state index < -0.39 is 0 Å². The monoisotopic (exact) mass is 269 g/mol. The van der Waals surface area contributed by atoms with Crippen LogP contribution >= 0.6 is 27.3 Å². The van der Waals surface area contributed by atoms with E-state index in [-0.39, 0.29) is 5.82 Å². The number of halogens is 2. The number of benzene rings is 1. The minimum atomic E-state index is -0.200. The zero-order chi connectivity index (χ0) is 10.1. The lowest BCUT2D eigenvalue weighted by molar-refractivity contribution is 0.644. The molecule has 4 heteroatoms. The van der Waals surface area contributed by atoms with Gasteiger partial charge in [0.1, 0.15) is 5.82 Å². The van der Waals surface area contributed by atoms with Crippen LogP contribution in [0.25, 0.3) is 10.1 Å². The van der Waals surface area contributed by atoms with Crippen molar-refractivity contribution in [3.05, 3.63) is 33.4 Å². The van der Waals surface area contributed by atoms with Crippen LogP contribution in [-0.4, -0.2) is 0 Å². The maximum absolute atomic E-state index is 13.2. The Hall–Kier alpha value is -0.920. The molecule has 0 amide bonds. The van der Waals surface area contributed by atoms with E-state index in [9.17, 15) is 4.39 Å². The number of thiophene rings is 1. The van der Waals surface area contributed by atoms with Gasteiger partial charge in [-0.05, 0) is 17.7 Å². The minimum absolute atomic E-state index is 0.200. The molecule has 1 aromatic carbocycles. The first kappa shape index (κ1) is 9.63. The van der Waals surface area contributed by atoms with Crippen molar-refractivity contribution in [2.75, 3.05) is 0 Å². The van der Waals surface area contributed by atoms with Gasteiger partial charge in [-0.3, -0.25) is 0 Å². The summed E-state index contributed by atoms with van der Waals surface area (Å²) in [6.45, 7) is 0. The summed E-state index contributed by atoms with van der Waals surface area (Å²) in [6.07, 6.45) is 0.343. The molecular formula is C10H5BrFNS. The first-order valence-electron chi connectivity index (χ1n) is 3.94. The molecule has 2 aromatic rings. The summed E-state index contributed by atoms with van der Waals surface area (Å²) in [4.78, 5) is 0. The van der Waals surface area contributed by atoms with Gasteiger partial charge in [-0.25, -0.2) is 4.39 Å². The highest BCUT2D eigenvalue weighted by atomic mass is 79.9. The molecule has 0 atom stereocenters. The number of nitriles is 1. The molecule has 0 aliphatic carbocycles. The fraction of sp³-hybridized carbons (Fsp3) is 0.100. The Morgan fingerprint density at radius 1 is 1.50 bits per heavy atom. The number of fused-ring (bicyclic) bond motifs is 1. The van der Waals surface area contributed by atoms with Gasteiger partial charge < -0.3 is 0 Å². The highest BCUT2D eigenvalue weighted by Gasteiger charge is 2.07. The summed E-state index contributed by atoms with van der Waals surface area (Å²) in [7, 11) is 0. The van der Waals surface area contributed by atoms with Crippen LogP contribution in [0, 0.1) is 17.1 Å². The zero-order valence-corrected chi connectivity index (χ0v) is 9.45. The predicted molar refractivity (Wildman–Crippen MR) is 58.8 cm³/mol. The molecule has 0 unspecified atom stereocenters. The van der Waals surface area contributed by atoms with E-state index in [4.69, 9.17) is 5.26 Å². The molecular weight excluding hydrogens is 265 g/mol. The van der Waals surface area contributed by atoms with Gasteiger partial charge in [-0.2, -0.15) is 5.26 Å². The van der Waals surface area contributed by atoms with Gasteiger partial charge in [-0.1, -0.05) is 15.9 Å². The van der Waals surface area contributed by atoms with Crippen molar-refractivity contribution in [3.63, 3.8) is 0 Å². The molecule has 0 bridgehead atoms. The van der Waals surface area contributed by atoms with Crippen molar-refractivity contribution in [1.29, 1.82) is 5.26 Å². The van der Waals surface area contributed by atoms with Crippen molar-refractivity contribution in [3.8, 4) is 6.07 Å². The van der Waals surface area contributed by atoms with Crippen molar-refractivity contribution in [2.24, 2.45) is 0 Å². The number of hydrogen-bond acceptors (Lipinski definition) is 2. The van der Waals surface area contributed by atoms with Crippen LogP contribution in [0.4, 0.5) is 4.39 Å². The Labute approximate surface area is 92.9 Å². The average Bonchev–Trinajstić information content (AvgIpc) is 2.50. The van der Waals surface area contributed by atoms with Crippen molar-refractivity contribution >= 4 is 37.4 Å². The molecule has 0 radical (unpaired) electrons. The lowest BCUT2D eigenvalue weighted by atomic mass is 10.1. The molecule has 0 saturated heterocycles. The third-order valence-electron chi connectivity index (χ3n) is 1.96. The van der Waals surface area contributed by atoms with Crippen LogP contribution in [-0.2, 0) is 6.42 Å². The van der Waals surface area contributed by atoms with Crippen LogP contribution in [0.2, 0.25) is 0 Å². The van der Waals surface area contributed by atoms with E-state index in [1.54, 1.807) is 6.07 Å². The number of rotatable bonds is 1. The summed E-state index contributed by atoms with van der Waals surface area (Å²) >= 11 is 4.68. The second-order valence-electron chi connectivity index (χ2n) is 2.86. The van der Waals surface area contributed by atoms with Crippen LogP contribution < -0.4 is 0 Å². The number of hydrogen-bond donors (Lipinski definition) is 0. The summed E-state index contributed by atoms with van der Waals surface area (Å²) in [5, 5.41) is 10.7. The first-order chi connectivity index (χ1) is 6.72. The van der Waals surface area contributed by atoms with E-state index in [1.165, 1.54) is 16.7 Å². The molecule has 0 aliphatic heterocycles. The average molecular weight is 270 g/mol. The van der Waals surface area contributed by atoms with E-state index in [0.717, 1.165) is 14.7 Å². The fourth-order valence-corrected chi connectivity index (χ4v) is 2.61. The van der Waals surface area contributed by atoms with E-state index in [1.807, 2.05) is 6.07 Å². The second kappa shape index (κ2) is 3.68. The molecule has 1 nitrogen and oxygen atoms in total. The van der Waals surface area contributed by atoms with Gasteiger partial charge in [0.2, 0.25) is 0 Å². The van der Waals surface area contributed by atoms with Crippen molar-refractivity contribution < 1.29 is 4.39 Å². The Morgan fingerprint density at radius 3 is 3.00 bits per heavy atom. The molecule has 0 fully saturated rings. The van der Waals surface area contributed by atoms with Crippen LogP contribution in [0.5, 0.6) is 0 Å². The SMILES string of the molecule is N#CCc1cc2scc(F)c2cc1Br. The molecule has 70 valence electrons. The topological polar surface area (TPSA) is 23.8 Å². The van der Waals surface area contributed by atoms with Crippen LogP contribution in [0.15, 0.2) is 22.0 Å². The van der Waals surface area contributed by atoms with Crippen LogP contribution in [0.1, 0.15) is 5.56 Å². The zero-order valence-electron chi connectivity index (χ0n) is 7.05. The standard InChI is InChI=1S/C10H5BrFNS/c11-8-4-7-9(12)5-14-10(7)3-6(8)1-2-13/h3-5H,1H2. The van der Waals surface area contributed by atoms with Crippen molar-refractivity contribution in [2.45, 2.75) is 6.42 Å². The first-order valence-corrected chi connectivity index (χ1v) is 5.61. The molecule has 2 rings (SSSR count). The van der Waals surface area contributed by atoms with Gasteiger partial charge in [0, 0.05) is 19.9 Å². The number of nitrogens with zero attached hydrogens (tertiary/aromatic N) is 1. The maximum Gasteiger partial charge on any atom is 0.141 e. The normalized spacial score (nSPS) is 10.4. The van der Waals surface area contributed by atoms with Crippen LogP contribution in [0.3, 0.4) is 0 Å². The quantitative estimate of drug-likeness (QED) is 0.771. The largest absolute Gasteiger partial charge is 0.205 e. The molecule has 1 heterocycles. The highest BCUT2D eigenvalue weighted by molar-refractivity contribution is 9.10. The second-order valence-corrected chi connectivity index (χ2v) is 4.62. The highest BCUT2D eigenvalue weighted by Crippen LogP contribution is 2.30. The van der Waals surface area contributed by atoms with Gasteiger partial charge in [0.05, 0.1) is 12.5 Å². The van der Waals surface area contributed by atoms with Crippen molar-refractivity contribution in [1.82, 2.24) is 0 Å². The Morgan fingerprint density at radius 2 is 2.29 bits per heavy atom. The van der Waals surface area contributed by atoms with Gasteiger partial charge in [0.25, 0.3) is 0 Å². The molecule has 0 saturated carbocycles.